The normalized spacial score (nSPS) is 13.0. The van der Waals surface area contributed by atoms with Crippen LogP contribution in [0.2, 0.25) is 0 Å². The Hall–Kier alpha value is -2.37. The quantitative estimate of drug-likeness (QED) is 0.669. The fourth-order valence-electron chi connectivity index (χ4n) is 2.61. The molecule has 2 N–H and O–H groups in total. The van der Waals surface area contributed by atoms with Crippen LogP contribution in [0.15, 0.2) is 23.2 Å². The van der Waals surface area contributed by atoms with Gasteiger partial charge >= 0.3 is 0 Å². The molecule has 24 heavy (non-hydrogen) atoms. The van der Waals surface area contributed by atoms with Crippen LogP contribution >= 0.6 is 0 Å². The molecule has 0 spiro atoms. The van der Waals surface area contributed by atoms with Crippen molar-refractivity contribution in [2.45, 2.75) is 40.3 Å². The topological polar surface area (TPSA) is 54.2 Å². The number of aliphatic imine (C=N–C) groups is 1. The predicted octanol–water partition coefficient (Wildman–Crippen LogP) is 2.91. The molecular formula is C18H26FN5. The molecule has 1 atom stereocenters. The highest BCUT2D eigenvalue weighted by atomic mass is 19.1. The molecule has 1 unspecified atom stereocenters. The summed E-state index contributed by atoms with van der Waals surface area (Å²) in [6.45, 7) is 8.43. The van der Waals surface area contributed by atoms with Gasteiger partial charge in [0.15, 0.2) is 5.96 Å². The van der Waals surface area contributed by atoms with Crippen LogP contribution in [0, 0.1) is 26.6 Å². The van der Waals surface area contributed by atoms with Crippen molar-refractivity contribution in [1.29, 1.82) is 0 Å². The highest BCUT2D eigenvalue weighted by molar-refractivity contribution is 5.80. The smallest absolute Gasteiger partial charge is 0.191 e. The molecule has 130 valence electrons. The number of aromatic nitrogens is 2. The summed E-state index contributed by atoms with van der Waals surface area (Å²) in [7, 11) is 3.66. The molecule has 0 aliphatic rings. The molecule has 1 aromatic heterocycles. The lowest BCUT2D eigenvalue weighted by Crippen LogP contribution is -2.38. The number of benzene rings is 1. The molecule has 0 aliphatic heterocycles. The van der Waals surface area contributed by atoms with E-state index in [-0.39, 0.29) is 11.9 Å². The highest BCUT2D eigenvalue weighted by Crippen LogP contribution is 2.16. The van der Waals surface area contributed by atoms with E-state index in [4.69, 9.17) is 0 Å². The van der Waals surface area contributed by atoms with Crippen LogP contribution in [0.25, 0.3) is 0 Å². The van der Waals surface area contributed by atoms with Gasteiger partial charge in [0.2, 0.25) is 0 Å². The Morgan fingerprint density at radius 2 is 2.04 bits per heavy atom. The van der Waals surface area contributed by atoms with Crippen molar-refractivity contribution in [3.05, 3.63) is 52.1 Å². The number of hydrogen-bond donors (Lipinski definition) is 2. The molecule has 1 heterocycles. The maximum atomic E-state index is 13.7. The Morgan fingerprint density at radius 1 is 1.33 bits per heavy atom. The third kappa shape index (κ3) is 3.93. The zero-order valence-electron chi connectivity index (χ0n) is 15.2. The van der Waals surface area contributed by atoms with E-state index in [2.05, 4.69) is 20.7 Å². The van der Waals surface area contributed by atoms with E-state index < -0.39 is 0 Å². The molecule has 0 saturated carbocycles. The number of hydrogen-bond acceptors (Lipinski definition) is 2. The van der Waals surface area contributed by atoms with E-state index in [1.807, 2.05) is 38.6 Å². The van der Waals surface area contributed by atoms with Gasteiger partial charge in [0.05, 0.1) is 11.7 Å². The van der Waals surface area contributed by atoms with Gasteiger partial charge in [0, 0.05) is 31.9 Å². The maximum absolute atomic E-state index is 13.7. The van der Waals surface area contributed by atoms with Gasteiger partial charge in [-0.3, -0.25) is 9.67 Å². The molecule has 2 aromatic rings. The molecule has 0 amide bonds. The first-order valence-electron chi connectivity index (χ1n) is 8.05. The second kappa shape index (κ2) is 7.47. The van der Waals surface area contributed by atoms with E-state index >= 15 is 0 Å². The van der Waals surface area contributed by atoms with Gasteiger partial charge < -0.3 is 10.6 Å². The van der Waals surface area contributed by atoms with Crippen LogP contribution in [0.1, 0.15) is 41.0 Å². The number of halogens is 1. The number of nitrogens with zero attached hydrogens (tertiary/aromatic N) is 3. The summed E-state index contributed by atoms with van der Waals surface area (Å²) >= 11 is 0. The summed E-state index contributed by atoms with van der Waals surface area (Å²) in [6, 6.07) is 5.23. The molecule has 0 fully saturated rings. The van der Waals surface area contributed by atoms with E-state index in [1.54, 1.807) is 26.1 Å². The fraction of sp³-hybridized carbons (Fsp3) is 0.444. The molecule has 0 radical (unpaired) electrons. The van der Waals surface area contributed by atoms with Gasteiger partial charge in [-0.25, -0.2) is 4.39 Å². The molecule has 2 rings (SSSR count). The summed E-state index contributed by atoms with van der Waals surface area (Å²) in [5.74, 6) is 0.483. The summed E-state index contributed by atoms with van der Waals surface area (Å²) < 4.78 is 15.6. The van der Waals surface area contributed by atoms with Gasteiger partial charge in [-0.2, -0.15) is 5.10 Å². The van der Waals surface area contributed by atoms with Crippen LogP contribution in [0.5, 0.6) is 0 Å². The van der Waals surface area contributed by atoms with E-state index in [0.717, 1.165) is 22.5 Å². The first-order valence-corrected chi connectivity index (χ1v) is 8.05. The van der Waals surface area contributed by atoms with Crippen LogP contribution < -0.4 is 10.6 Å². The lowest BCUT2D eigenvalue weighted by atomic mass is 10.1. The SMILES string of the molecule is CN=C(NCc1c(C)nn(C)c1C)NC(C)c1ccc(C)c(F)c1. The predicted molar refractivity (Wildman–Crippen MR) is 95.6 cm³/mol. The Balaban J connectivity index is 2.03. The Bertz CT molecular complexity index is 748. The molecular weight excluding hydrogens is 305 g/mol. The fourth-order valence-corrected chi connectivity index (χ4v) is 2.61. The van der Waals surface area contributed by atoms with Crippen LogP contribution in [0.4, 0.5) is 4.39 Å². The Morgan fingerprint density at radius 3 is 2.58 bits per heavy atom. The number of nitrogens with one attached hydrogen (secondary N) is 2. The van der Waals surface area contributed by atoms with Crippen molar-refractivity contribution < 1.29 is 4.39 Å². The summed E-state index contributed by atoms with van der Waals surface area (Å²) in [4.78, 5) is 4.25. The Labute approximate surface area is 143 Å². The largest absolute Gasteiger partial charge is 0.352 e. The van der Waals surface area contributed by atoms with E-state index in [9.17, 15) is 4.39 Å². The second-order valence-corrected chi connectivity index (χ2v) is 6.07. The Kier molecular flexibility index (Phi) is 5.59. The summed E-state index contributed by atoms with van der Waals surface area (Å²) in [5.41, 5.74) is 4.83. The van der Waals surface area contributed by atoms with Gasteiger partial charge in [-0.15, -0.1) is 0 Å². The molecule has 1 aromatic carbocycles. The molecule has 0 saturated heterocycles. The van der Waals surface area contributed by atoms with E-state index in [1.165, 1.54) is 0 Å². The number of rotatable bonds is 4. The molecule has 6 heteroatoms. The first-order chi connectivity index (χ1) is 11.3. The minimum atomic E-state index is -0.189. The highest BCUT2D eigenvalue weighted by Gasteiger charge is 2.12. The summed E-state index contributed by atoms with van der Waals surface area (Å²) in [5, 5.41) is 11.0. The second-order valence-electron chi connectivity index (χ2n) is 6.07. The van der Waals surface area contributed by atoms with Gasteiger partial charge in [0.1, 0.15) is 5.82 Å². The van der Waals surface area contributed by atoms with Gasteiger partial charge in [0.25, 0.3) is 0 Å². The minimum Gasteiger partial charge on any atom is -0.352 e. The first kappa shape index (κ1) is 18.0. The van der Waals surface area contributed by atoms with Crippen LogP contribution in [0.3, 0.4) is 0 Å². The standard InChI is InChI=1S/C18H26FN5/c1-11-7-8-15(9-17(11)19)12(2)22-18(20-5)21-10-16-13(3)23-24(6)14(16)4/h7-9,12H,10H2,1-6H3,(H2,20,21,22). The maximum Gasteiger partial charge on any atom is 0.191 e. The van der Waals surface area contributed by atoms with Crippen LogP contribution in [-0.2, 0) is 13.6 Å². The van der Waals surface area contributed by atoms with Crippen molar-refractivity contribution in [2.24, 2.45) is 12.0 Å². The minimum absolute atomic E-state index is 0.0533. The number of guanidine groups is 1. The van der Waals surface area contributed by atoms with Crippen molar-refractivity contribution in [3.8, 4) is 0 Å². The van der Waals surface area contributed by atoms with E-state index in [0.29, 0.717) is 18.1 Å². The van der Waals surface area contributed by atoms with Gasteiger partial charge in [-0.1, -0.05) is 12.1 Å². The average Bonchev–Trinajstić information content (AvgIpc) is 2.79. The summed E-state index contributed by atoms with van der Waals surface area (Å²) in [6.07, 6.45) is 0. The lowest BCUT2D eigenvalue weighted by molar-refractivity contribution is 0.607. The molecule has 0 bridgehead atoms. The third-order valence-corrected chi connectivity index (χ3v) is 4.36. The van der Waals surface area contributed by atoms with Crippen LogP contribution in [-0.4, -0.2) is 22.8 Å². The zero-order valence-corrected chi connectivity index (χ0v) is 15.2. The lowest BCUT2D eigenvalue weighted by Gasteiger charge is -2.19. The number of aryl methyl sites for hydroxylation is 3. The van der Waals surface area contributed by atoms with Gasteiger partial charge in [-0.05, 0) is 44.9 Å². The zero-order chi connectivity index (χ0) is 17.9. The van der Waals surface area contributed by atoms with Crippen molar-refractivity contribution in [3.63, 3.8) is 0 Å². The van der Waals surface area contributed by atoms with Crippen molar-refractivity contribution in [1.82, 2.24) is 20.4 Å². The molecule has 0 aliphatic carbocycles. The van der Waals surface area contributed by atoms with Crippen molar-refractivity contribution in [2.75, 3.05) is 7.05 Å². The monoisotopic (exact) mass is 331 g/mol. The van der Waals surface area contributed by atoms with Crippen molar-refractivity contribution >= 4 is 5.96 Å². The average molecular weight is 331 g/mol. The third-order valence-electron chi connectivity index (χ3n) is 4.36. The molecule has 5 nitrogen and oxygen atoms in total.